The first-order chi connectivity index (χ1) is 7.20. The molecule has 0 aliphatic rings. The highest BCUT2D eigenvalue weighted by molar-refractivity contribution is 6.04. The molecule has 1 heterocycles. The first kappa shape index (κ1) is 11.3. The molecule has 0 unspecified atom stereocenters. The summed E-state index contributed by atoms with van der Waals surface area (Å²) in [5, 5.41) is 4.98. The highest BCUT2D eigenvalue weighted by Gasteiger charge is 2.04. The smallest absolute Gasteiger partial charge is 0.272 e. The fourth-order valence-electron chi connectivity index (χ4n) is 1.26. The molecule has 0 aliphatic carbocycles. The topological polar surface area (TPSA) is 112 Å². The molecule has 2 aromatic rings. The van der Waals surface area contributed by atoms with Crippen molar-refractivity contribution >= 4 is 28.3 Å². The zero-order valence-electron chi connectivity index (χ0n) is 7.45. The summed E-state index contributed by atoms with van der Waals surface area (Å²) in [4.78, 5) is 22.4. The van der Waals surface area contributed by atoms with E-state index in [0.29, 0.717) is 11.1 Å². The van der Waals surface area contributed by atoms with Crippen LogP contribution in [-0.4, -0.2) is 14.9 Å². The number of hydrogen-bond donors (Lipinski definition) is 4. The molecule has 0 fully saturated rings. The molecule has 15 heavy (non-hydrogen) atoms. The molecule has 1 aromatic heterocycles. The quantitative estimate of drug-likeness (QED) is 0.474. The molecule has 2 rings (SSSR count). The van der Waals surface area contributed by atoms with Crippen LogP contribution in [0.1, 0.15) is 0 Å². The van der Waals surface area contributed by atoms with Gasteiger partial charge in [-0.1, -0.05) is 6.07 Å². The van der Waals surface area contributed by atoms with Gasteiger partial charge in [0.2, 0.25) is 0 Å². The number of fused-ring (bicyclic) bond motifs is 1. The molecule has 0 spiro atoms. The molecule has 0 aliphatic heterocycles. The minimum Gasteiger partial charge on any atom is -0.398 e. The molecular formula is C8H8ClN3O3. The molecule has 6 nitrogen and oxygen atoms in total. The Morgan fingerprint density at radius 3 is 2.33 bits per heavy atom. The summed E-state index contributed by atoms with van der Waals surface area (Å²) in [6.45, 7) is 0. The fourth-order valence-corrected chi connectivity index (χ4v) is 1.26. The number of aromatic amines is 2. The van der Waals surface area contributed by atoms with Crippen molar-refractivity contribution in [2.75, 3.05) is 5.73 Å². The van der Waals surface area contributed by atoms with E-state index in [2.05, 4.69) is 22.1 Å². The maximum absolute atomic E-state index is 11.2. The van der Waals surface area contributed by atoms with Crippen molar-refractivity contribution in [2.45, 2.75) is 0 Å². The van der Waals surface area contributed by atoms with E-state index in [1.54, 1.807) is 18.2 Å². The lowest BCUT2D eigenvalue weighted by atomic mass is 10.2. The van der Waals surface area contributed by atoms with Gasteiger partial charge in [-0.25, -0.2) is 0 Å². The summed E-state index contributed by atoms with van der Waals surface area (Å²) in [7, 11) is 0. The zero-order valence-corrected chi connectivity index (χ0v) is 8.21. The van der Waals surface area contributed by atoms with Crippen LogP contribution in [0.25, 0.3) is 10.8 Å². The number of aromatic nitrogens is 2. The summed E-state index contributed by atoms with van der Waals surface area (Å²) >= 11 is 3.64. The molecule has 0 radical (unpaired) electrons. The van der Waals surface area contributed by atoms with E-state index in [0.717, 1.165) is 0 Å². The van der Waals surface area contributed by atoms with Crippen molar-refractivity contribution in [1.82, 2.24) is 10.2 Å². The number of nitrogens with one attached hydrogen (secondary N) is 2. The summed E-state index contributed by atoms with van der Waals surface area (Å²) in [5.41, 5.74) is 5.14. The van der Waals surface area contributed by atoms with Crippen molar-refractivity contribution in [3.8, 4) is 0 Å². The van der Waals surface area contributed by atoms with Crippen LogP contribution in [0.3, 0.4) is 0 Å². The van der Waals surface area contributed by atoms with Gasteiger partial charge >= 0.3 is 0 Å². The zero-order chi connectivity index (χ0) is 11.4. The van der Waals surface area contributed by atoms with Crippen LogP contribution in [0.4, 0.5) is 5.69 Å². The number of nitrogens with two attached hydrogens (primary N) is 1. The highest BCUT2D eigenvalue weighted by Crippen LogP contribution is 2.11. The predicted octanol–water partition coefficient (Wildman–Crippen LogP) is -0.0689. The molecule has 7 heteroatoms. The number of halogens is 1. The normalized spacial score (nSPS) is 9.47. The van der Waals surface area contributed by atoms with Gasteiger partial charge in [-0.05, 0) is 12.1 Å². The van der Waals surface area contributed by atoms with E-state index in [1.165, 1.54) is 0 Å². The lowest BCUT2D eigenvalue weighted by Crippen LogP contribution is -2.19. The summed E-state index contributed by atoms with van der Waals surface area (Å²) in [6, 6.07) is 4.77. The maximum atomic E-state index is 11.2. The Balaban J connectivity index is 0.000000531. The summed E-state index contributed by atoms with van der Waals surface area (Å²) in [6.07, 6.45) is 0. The van der Waals surface area contributed by atoms with Crippen molar-refractivity contribution in [1.29, 1.82) is 0 Å². The van der Waals surface area contributed by atoms with Crippen LogP contribution < -0.4 is 16.9 Å². The summed E-state index contributed by atoms with van der Waals surface area (Å²) in [5.74, 6) is 0. The molecule has 0 atom stereocenters. The van der Waals surface area contributed by atoms with E-state index in [9.17, 15) is 9.59 Å². The fraction of sp³-hybridized carbons (Fsp3) is 0. The van der Waals surface area contributed by atoms with Gasteiger partial charge in [-0.3, -0.25) is 24.4 Å². The average Bonchev–Trinajstić information content (AvgIpc) is 2.26. The molecular weight excluding hydrogens is 222 g/mol. The van der Waals surface area contributed by atoms with Gasteiger partial charge < -0.3 is 5.73 Å². The van der Waals surface area contributed by atoms with Crippen molar-refractivity contribution in [3.63, 3.8) is 0 Å². The van der Waals surface area contributed by atoms with Crippen LogP contribution in [0, 0.1) is 0 Å². The van der Waals surface area contributed by atoms with Gasteiger partial charge in [0.05, 0.1) is 22.6 Å². The number of rotatable bonds is 0. The number of H-pyrrole nitrogens is 2. The highest BCUT2D eigenvalue weighted by atomic mass is 35.5. The molecule has 0 saturated heterocycles. The van der Waals surface area contributed by atoms with Crippen LogP contribution >= 0.6 is 11.9 Å². The number of anilines is 1. The third-order valence-corrected chi connectivity index (χ3v) is 1.86. The Morgan fingerprint density at radius 2 is 1.73 bits per heavy atom. The second-order valence-corrected chi connectivity index (χ2v) is 2.68. The van der Waals surface area contributed by atoms with Crippen molar-refractivity contribution in [3.05, 3.63) is 38.9 Å². The van der Waals surface area contributed by atoms with Crippen LogP contribution in [0.5, 0.6) is 0 Å². The molecule has 0 bridgehead atoms. The first-order valence-corrected chi connectivity index (χ1v) is 4.20. The average molecular weight is 230 g/mol. The largest absolute Gasteiger partial charge is 0.398 e. The Labute approximate surface area is 88.5 Å². The predicted molar refractivity (Wildman–Crippen MR) is 57.7 cm³/mol. The molecule has 0 amide bonds. The van der Waals surface area contributed by atoms with E-state index in [1.807, 2.05) is 0 Å². The second-order valence-electron chi connectivity index (χ2n) is 2.68. The van der Waals surface area contributed by atoms with Crippen LogP contribution in [-0.2, 0) is 0 Å². The summed E-state index contributed by atoms with van der Waals surface area (Å²) < 4.78 is 6.47. The van der Waals surface area contributed by atoms with Gasteiger partial charge in [0.1, 0.15) is 0 Å². The van der Waals surface area contributed by atoms with Crippen molar-refractivity contribution in [2.24, 2.45) is 0 Å². The molecule has 5 N–H and O–H groups in total. The van der Waals surface area contributed by atoms with Gasteiger partial charge in [0.25, 0.3) is 11.1 Å². The van der Waals surface area contributed by atoms with Crippen molar-refractivity contribution < 1.29 is 4.66 Å². The number of benzene rings is 1. The van der Waals surface area contributed by atoms with E-state index >= 15 is 0 Å². The standard InChI is InChI=1S/C8H7N3O2.ClHO/c9-5-3-1-2-4-6(5)8(13)11-10-7(4)12;1-2/h1-3H,9H2,(H,10,12)(H,11,13);2H. The third kappa shape index (κ3) is 2.00. The van der Waals surface area contributed by atoms with E-state index in [4.69, 9.17) is 10.4 Å². The molecule has 80 valence electrons. The minimum absolute atomic E-state index is 0.242. The minimum atomic E-state index is -0.382. The van der Waals surface area contributed by atoms with Gasteiger partial charge in [-0.15, -0.1) is 0 Å². The number of hydrogen-bond acceptors (Lipinski definition) is 4. The lowest BCUT2D eigenvalue weighted by Gasteiger charge is -1.97. The second kappa shape index (κ2) is 4.63. The van der Waals surface area contributed by atoms with Crippen LogP contribution in [0.15, 0.2) is 27.8 Å². The molecule has 0 saturated carbocycles. The van der Waals surface area contributed by atoms with Gasteiger partial charge in [-0.2, -0.15) is 0 Å². The monoisotopic (exact) mass is 229 g/mol. The Morgan fingerprint density at radius 1 is 1.13 bits per heavy atom. The van der Waals surface area contributed by atoms with Gasteiger partial charge in [0.15, 0.2) is 0 Å². The number of nitrogen functional groups attached to an aromatic ring is 1. The van der Waals surface area contributed by atoms with Crippen LogP contribution in [0.2, 0.25) is 0 Å². The lowest BCUT2D eigenvalue weighted by molar-refractivity contribution is 0.632. The first-order valence-electron chi connectivity index (χ1n) is 3.86. The molecule has 1 aromatic carbocycles. The van der Waals surface area contributed by atoms with E-state index in [-0.39, 0.29) is 16.5 Å². The third-order valence-electron chi connectivity index (χ3n) is 1.86. The van der Waals surface area contributed by atoms with E-state index < -0.39 is 0 Å². The Bertz CT molecular complexity index is 575. The Hall–Kier alpha value is -1.79. The maximum Gasteiger partial charge on any atom is 0.272 e. The Kier molecular flexibility index (Phi) is 3.48. The SMILES string of the molecule is Nc1cccc2c(=O)[nH][nH]c(=O)c12.OCl. The van der Waals surface area contributed by atoms with Gasteiger partial charge in [0, 0.05) is 5.69 Å².